The predicted octanol–water partition coefficient (Wildman–Crippen LogP) is 4.40. The van der Waals surface area contributed by atoms with Crippen molar-refractivity contribution in [3.8, 4) is 0 Å². The molecule has 4 rings (SSSR count). The second-order valence-corrected chi connectivity index (χ2v) is 8.80. The molecule has 30 heavy (non-hydrogen) atoms. The van der Waals surface area contributed by atoms with E-state index >= 15 is 0 Å². The van der Waals surface area contributed by atoms with Crippen LogP contribution in [0.15, 0.2) is 36.4 Å². The third-order valence-electron chi connectivity index (χ3n) is 6.48. The van der Waals surface area contributed by atoms with E-state index in [0.29, 0.717) is 18.9 Å². The lowest BCUT2D eigenvalue weighted by atomic mass is 9.94. The number of carbonyl (C=O) groups excluding carboxylic acids is 2. The second kappa shape index (κ2) is 9.13. The fourth-order valence-electron chi connectivity index (χ4n) is 4.76. The molecule has 0 saturated carbocycles. The zero-order valence-electron chi connectivity index (χ0n) is 18.2. The van der Waals surface area contributed by atoms with Gasteiger partial charge in [-0.05, 0) is 86.9 Å². The highest BCUT2D eigenvalue weighted by atomic mass is 16.2. The first-order chi connectivity index (χ1) is 14.5. The number of benzene rings is 2. The van der Waals surface area contributed by atoms with Gasteiger partial charge >= 0.3 is 0 Å². The van der Waals surface area contributed by atoms with E-state index in [1.54, 1.807) is 0 Å². The average Bonchev–Trinajstić information content (AvgIpc) is 3.17. The van der Waals surface area contributed by atoms with E-state index in [1.165, 1.54) is 22.3 Å². The summed E-state index contributed by atoms with van der Waals surface area (Å²) >= 11 is 0. The Morgan fingerprint density at radius 1 is 1.10 bits per heavy atom. The van der Waals surface area contributed by atoms with Gasteiger partial charge in [-0.15, -0.1) is 0 Å². The summed E-state index contributed by atoms with van der Waals surface area (Å²) in [5.41, 5.74) is 7.02. The molecular formula is C26H32N2O2. The van der Waals surface area contributed by atoms with Crippen molar-refractivity contribution in [2.24, 2.45) is 0 Å². The van der Waals surface area contributed by atoms with Crippen molar-refractivity contribution < 1.29 is 9.59 Å². The summed E-state index contributed by atoms with van der Waals surface area (Å²) in [6.07, 6.45) is 5.73. The number of nitrogens with zero attached hydrogens (tertiary/aromatic N) is 1. The van der Waals surface area contributed by atoms with Crippen LogP contribution in [0.1, 0.15) is 65.2 Å². The molecule has 1 amide bonds. The molecule has 1 N–H and O–H groups in total. The Morgan fingerprint density at radius 2 is 1.87 bits per heavy atom. The van der Waals surface area contributed by atoms with Crippen LogP contribution in [0, 0.1) is 6.92 Å². The SMILES string of the molecule is Cc1ccccc1CC(C)NCCCCC(=O)c1cc2c3c(c1)CCN3C(=O)CC2. The van der Waals surface area contributed by atoms with Gasteiger partial charge in [0.05, 0.1) is 5.69 Å². The van der Waals surface area contributed by atoms with E-state index < -0.39 is 0 Å². The van der Waals surface area contributed by atoms with Crippen LogP contribution in [0.2, 0.25) is 0 Å². The highest BCUT2D eigenvalue weighted by Gasteiger charge is 2.31. The number of nitrogens with one attached hydrogen (secondary N) is 1. The molecule has 4 heteroatoms. The van der Waals surface area contributed by atoms with E-state index in [0.717, 1.165) is 56.4 Å². The molecule has 0 bridgehead atoms. The highest BCUT2D eigenvalue weighted by molar-refractivity contribution is 6.02. The fraction of sp³-hybridized carbons (Fsp3) is 0.462. The van der Waals surface area contributed by atoms with Crippen LogP contribution < -0.4 is 10.2 Å². The Balaban J connectivity index is 1.23. The minimum atomic E-state index is 0.226. The standard InChI is InChI=1S/C26H32N2O2/c1-18-7-3-4-8-20(18)15-19(2)27-13-6-5-9-24(29)23-16-21-10-11-25(30)28-14-12-22(17-23)26(21)28/h3-4,7-8,16-17,19,27H,5-6,9-15H2,1-2H3. The Morgan fingerprint density at radius 3 is 2.67 bits per heavy atom. The Bertz CT molecular complexity index is 950. The second-order valence-electron chi connectivity index (χ2n) is 8.80. The molecule has 1 unspecified atom stereocenters. The number of carbonyl (C=O) groups is 2. The van der Waals surface area contributed by atoms with E-state index in [-0.39, 0.29) is 11.7 Å². The summed E-state index contributed by atoms with van der Waals surface area (Å²) in [6, 6.07) is 13.0. The summed E-state index contributed by atoms with van der Waals surface area (Å²) in [6.45, 7) is 6.09. The Labute approximate surface area is 179 Å². The third kappa shape index (κ3) is 4.49. The van der Waals surface area contributed by atoms with Crippen LogP contribution in [0.25, 0.3) is 0 Å². The summed E-state index contributed by atoms with van der Waals surface area (Å²) in [7, 11) is 0. The number of aryl methyl sites for hydroxylation is 2. The lowest BCUT2D eigenvalue weighted by Crippen LogP contribution is -2.32. The topological polar surface area (TPSA) is 49.4 Å². The number of Topliss-reactive ketones (excluding diaryl/α,β-unsaturated/α-hetero) is 1. The Hall–Kier alpha value is -2.46. The molecule has 2 aromatic carbocycles. The first kappa shape index (κ1) is 20.8. The van der Waals surface area contributed by atoms with Crippen molar-refractivity contribution >= 4 is 17.4 Å². The molecule has 2 heterocycles. The minimum absolute atomic E-state index is 0.226. The van der Waals surface area contributed by atoms with Crippen molar-refractivity contribution in [2.75, 3.05) is 18.0 Å². The summed E-state index contributed by atoms with van der Waals surface area (Å²) in [4.78, 5) is 26.7. The van der Waals surface area contributed by atoms with Crippen LogP contribution in [-0.4, -0.2) is 30.8 Å². The van der Waals surface area contributed by atoms with Gasteiger partial charge in [-0.1, -0.05) is 24.3 Å². The van der Waals surface area contributed by atoms with Crippen molar-refractivity contribution in [3.05, 3.63) is 64.2 Å². The highest BCUT2D eigenvalue weighted by Crippen LogP contribution is 2.37. The molecule has 2 aliphatic heterocycles. The maximum atomic E-state index is 12.8. The summed E-state index contributed by atoms with van der Waals surface area (Å²) < 4.78 is 0. The number of hydrogen-bond acceptors (Lipinski definition) is 3. The lowest BCUT2D eigenvalue weighted by Gasteiger charge is -2.25. The largest absolute Gasteiger partial charge is 0.314 e. The number of hydrogen-bond donors (Lipinski definition) is 1. The number of unbranched alkanes of at least 4 members (excludes halogenated alkanes) is 1. The van der Waals surface area contributed by atoms with Gasteiger partial charge in [-0.2, -0.15) is 0 Å². The molecule has 0 spiro atoms. The van der Waals surface area contributed by atoms with Crippen molar-refractivity contribution in [1.82, 2.24) is 5.32 Å². The molecule has 0 saturated heterocycles. The van der Waals surface area contributed by atoms with Gasteiger partial charge in [0.1, 0.15) is 0 Å². The lowest BCUT2D eigenvalue weighted by molar-refractivity contribution is -0.118. The number of ketones is 1. The van der Waals surface area contributed by atoms with E-state index in [1.807, 2.05) is 17.0 Å². The van der Waals surface area contributed by atoms with Crippen molar-refractivity contribution in [3.63, 3.8) is 0 Å². The minimum Gasteiger partial charge on any atom is -0.314 e. The molecule has 0 radical (unpaired) electrons. The van der Waals surface area contributed by atoms with Gasteiger partial charge in [-0.3, -0.25) is 9.59 Å². The molecule has 0 aliphatic carbocycles. The number of amides is 1. The average molecular weight is 405 g/mol. The van der Waals surface area contributed by atoms with Crippen LogP contribution >= 0.6 is 0 Å². The maximum absolute atomic E-state index is 12.8. The number of anilines is 1. The fourth-order valence-corrected chi connectivity index (χ4v) is 4.76. The normalized spacial score (nSPS) is 15.9. The number of rotatable bonds is 9. The zero-order chi connectivity index (χ0) is 21.1. The third-order valence-corrected chi connectivity index (χ3v) is 6.48. The quantitative estimate of drug-likeness (QED) is 0.498. The van der Waals surface area contributed by atoms with Gasteiger partial charge in [0.2, 0.25) is 5.91 Å². The molecule has 0 aromatic heterocycles. The van der Waals surface area contributed by atoms with E-state index in [4.69, 9.17) is 0 Å². The summed E-state index contributed by atoms with van der Waals surface area (Å²) in [5.74, 6) is 0.460. The van der Waals surface area contributed by atoms with E-state index in [2.05, 4.69) is 43.4 Å². The van der Waals surface area contributed by atoms with E-state index in [9.17, 15) is 9.59 Å². The maximum Gasteiger partial charge on any atom is 0.227 e. The molecule has 2 aliphatic rings. The van der Waals surface area contributed by atoms with Crippen molar-refractivity contribution in [2.45, 2.75) is 64.8 Å². The molecule has 0 fully saturated rings. The van der Waals surface area contributed by atoms with Gasteiger partial charge in [0, 0.05) is 31.0 Å². The molecule has 4 nitrogen and oxygen atoms in total. The molecule has 158 valence electrons. The molecular weight excluding hydrogens is 372 g/mol. The van der Waals surface area contributed by atoms with Gasteiger partial charge < -0.3 is 10.2 Å². The Kier molecular flexibility index (Phi) is 6.33. The van der Waals surface area contributed by atoms with Crippen LogP contribution in [0.5, 0.6) is 0 Å². The van der Waals surface area contributed by atoms with Crippen LogP contribution in [0.3, 0.4) is 0 Å². The summed E-state index contributed by atoms with van der Waals surface area (Å²) in [5, 5.41) is 3.59. The predicted molar refractivity (Wildman–Crippen MR) is 121 cm³/mol. The zero-order valence-corrected chi connectivity index (χ0v) is 18.2. The van der Waals surface area contributed by atoms with Crippen LogP contribution in [-0.2, 0) is 24.1 Å². The van der Waals surface area contributed by atoms with Crippen LogP contribution in [0.4, 0.5) is 5.69 Å². The van der Waals surface area contributed by atoms with Crippen molar-refractivity contribution in [1.29, 1.82) is 0 Å². The first-order valence-corrected chi connectivity index (χ1v) is 11.3. The van der Waals surface area contributed by atoms with Gasteiger partial charge in [0.15, 0.2) is 5.78 Å². The smallest absolute Gasteiger partial charge is 0.227 e. The molecule has 1 atom stereocenters. The molecule has 2 aromatic rings. The van der Waals surface area contributed by atoms with Gasteiger partial charge in [0.25, 0.3) is 0 Å². The first-order valence-electron chi connectivity index (χ1n) is 11.3. The monoisotopic (exact) mass is 404 g/mol. The van der Waals surface area contributed by atoms with Gasteiger partial charge in [-0.25, -0.2) is 0 Å².